The molecular weight excluding hydrogens is 314 g/mol. The maximum Gasteiger partial charge on any atom is 0.256 e. The van der Waals surface area contributed by atoms with Crippen LogP contribution in [-0.4, -0.2) is 11.7 Å². The van der Waals surface area contributed by atoms with E-state index in [9.17, 15) is 9.59 Å². The second-order valence-electron chi connectivity index (χ2n) is 3.73. The molecule has 1 heterocycles. The highest BCUT2D eigenvalue weighted by atomic mass is 79.9. The number of hydrogen-bond donors (Lipinski definition) is 1. The SMILES string of the molecule is CC(=O)c1ccc(NC(=O)c2csc(Br)c2)cc1. The molecule has 0 aliphatic rings. The molecule has 1 amide bonds. The molecule has 0 saturated heterocycles. The number of thiophene rings is 1. The number of halogens is 1. The summed E-state index contributed by atoms with van der Waals surface area (Å²) >= 11 is 4.77. The predicted octanol–water partition coefficient (Wildman–Crippen LogP) is 3.97. The third kappa shape index (κ3) is 3.05. The number of ketones is 1. The van der Waals surface area contributed by atoms with E-state index in [1.165, 1.54) is 18.3 Å². The minimum atomic E-state index is -0.160. The molecule has 1 aromatic carbocycles. The number of Topliss-reactive ketones (excluding diaryl/α,β-unsaturated/α-hetero) is 1. The summed E-state index contributed by atoms with van der Waals surface area (Å²) < 4.78 is 0.916. The number of carbonyl (C=O) groups excluding carboxylic acids is 2. The molecule has 1 N–H and O–H groups in total. The Hall–Kier alpha value is -1.46. The lowest BCUT2D eigenvalue weighted by Gasteiger charge is -2.04. The van der Waals surface area contributed by atoms with E-state index in [0.29, 0.717) is 16.8 Å². The Morgan fingerprint density at radius 3 is 2.33 bits per heavy atom. The summed E-state index contributed by atoms with van der Waals surface area (Å²) in [7, 11) is 0. The van der Waals surface area contributed by atoms with Gasteiger partial charge >= 0.3 is 0 Å². The fraction of sp³-hybridized carbons (Fsp3) is 0.0769. The Kier molecular flexibility index (Phi) is 3.93. The van der Waals surface area contributed by atoms with Crippen molar-refractivity contribution in [3.8, 4) is 0 Å². The third-order valence-corrected chi connectivity index (χ3v) is 3.88. The van der Waals surface area contributed by atoms with E-state index < -0.39 is 0 Å². The van der Waals surface area contributed by atoms with Crippen LogP contribution in [0.2, 0.25) is 0 Å². The minimum absolute atomic E-state index is 0.00893. The Bertz CT molecular complexity index is 589. The average molecular weight is 324 g/mol. The molecule has 1 aromatic heterocycles. The Balaban J connectivity index is 2.10. The highest BCUT2D eigenvalue weighted by Gasteiger charge is 2.08. The monoisotopic (exact) mass is 323 g/mol. The van der Waals surface area contributed by atoms with E-state index in [4.69, 9.17) is 0 Å². The summed E-state index contributed by atoms with van der Waals surface area (Å²) in [6, 6.07) is 8.60. The number of hydrogen-bond acceptors (Lipinski definition) is 3. The summed E-state index contributed by atoms with van der Waals surface area (Å²) in [5, 5.41) is 4.55. The first-order valence-corrected chi connectivity index (χ1v) is 6.90. The average Bonchev–Trinajstić information content (AvgIpc) is 2.76. The number of rotatable bonds is 3. The Morgan fingerprint density at radius 1 is 1.17 bits per heavy atom. The zero-order valence-electron chi connectivity index (χ0n) is 9.57. The summed E-state index contributed by atoms with van der Waals surface area (Å²) in [6.45, 7) is 1.51. The van der Waals surface area contributed by atoms with Crippen molar-refractivity contribution in [3.05, 3.63) is 50.6 Å². The van der Waals surface area contributed by atoms with Gasteiger partial charge in [-0.1, -0.05) is 0 Å². The quantitative estimate of drug-likeness (QED) is 0.869. The number of anilines is 1. The molecule has 2 aromatic rings. The van der Waals surface area contributed by atoms with Gasteiger partial charge < -0.3 is 5.32 Å². The number of benzene rings is 1. The lowest BCUT2D eigenvalue weighted by Crippen LogP contribution is -2.10. The van der Waals surface area contributed by atoms with Gasteiger partial charge in [0.25, 0.3) is 5.91 Å². The lowest BCUT2D eigenvalue weighted by molar-refractivity contribution is 0.101. The van der Waals surface area contributed by atoms with Gasteiger partial charge in [-0.05, 0) is 53.2 Å². The van der Waals surface area contributed by atoms with Crippen molar-refractivity contribution < 1.29 is 9.59 Å². The molecule has 5 heteroatoms. The van der Waals surface area contributed by atoms with Crippen LogP contribution in [0, 0.1) is 0 Å². The fourth-order valence-corrected chi connectivity index (χ4v) is 2.56. The number of carbonyl (C=O) groups is 2. The van der Waals surface area contributed by atoms with Crippen molar-refractivity contribution in [2.45, 2.75) is 6.92 Å². The second kappa shape index (κ2) is 5.46. The smallest absolute Gasteiger partial charge is 0.256 e. The van der Waals surface area contributed by atoms with Crippen LogP contribution in [-0.2, 0) is 0 Å². The molecule has 2 rings (SSSR count). The van der Waals surface area contributed by atoms with Crippen molar-refractivity contribution in [1.82, 2.24) is 0 Å². The van der Waals surface area contributed by atoms with Crippen LogP contribution in [0.4, 0.5) is 5.69 Å². The summed E-state index contributed by atoms with van der Waals surface area (Å²) in [6.07, 6.45) is 0. The molecule has 0 radical (unpaired) electrons. The Labute approximate surface area is 117 Å². The van der Waals surface area contributed by atoms with Crippen molar-refractivity contribution in [2.75, 3.05) is 5.32 Å². The normalized spacial score (nSPS) is 10.1. The molecule has 0 aliphatic carbocycles. The first-order valence-electron chi connectivity index (χ1n) is 5.22. The minimum Gasteiger partial charge on any atom is -0.322 e. The van der Waals surface area contributed by atoms with Gasteiger partial charge in [0.2, 0.25) is 0 Å². The highest BCUT2D eigenvalue weighted by Crippen LogP contribution is 2.21. The van der Waals surface area contributed by atoms with Crippen LogP contribution in [0.3, 0.4) is 0 Å². The molecule has 0 fully saturated rings. The number of amides is 1. The number of nitrogens with one attached hydrogen (secondary N) is 1. The van der Waals surface area contributed by atoms with Crippen LogP contribution in [0.15, 0.2) is 39.5 Å². The van der Waals surface area contributed by atoms with Gasteiger partial charge in [-0.15, -0.1) is 11.3 Å². The molecule has 0 bridgehead atoms. The van der Waals surface area contributed by atoms with Crippen LogP contribution in [0.1, 0.15) is 27.6 Å². The Morgan fingerprint density at radius 2 is 1.83 bits per heavy atom. The fourth-order valence-electron chi connectivity index (χ4n) is 1.42. The lowest BCUT2D eigenvalue weighted by atomic mass is 10.1. The van der Waals surface area contributed by atoms with Crippen molar-refractivity contribution >= 4 is 44.6 Å². The molecule has 92 valence electrons. The first-order chi connectivity index (χ1) is 8.56. The van der Waals surface area contributed by atoms with Crippen molar-refractivity contribution in [2.24, 2.45) is 0 Å². The van der Waals surface area contributed by atoms with Crippen LogP contribution < -0.4 is 5.32 Å². The van der Waals surface area contributed by atoms with Crippen LogP contribution >= 0.6 is 27.3 Å². The molecule has 18 heavy (non-hydrogen) atoms. The maximum atomic E-state index is 11.9. The first kappa shape index (κ1) is 13.0. The van der Waals surface area contributed by atoms with Crippen molar-refractivity contribution in [1.29, 1.82) is 0 Å². The largest absolute Gasteiger partial charge is 0.322 e. The van der Waals surface area contributed by atoms with Gasteiger partial charge in [-0.3, -0.25) is 9.59 Å². The predicted molar refractivity (Wildman–Crippen MR) is 76.4 cm³/mol. The third-order valence-electron chi connectivity index (χ3n) is 2.38. The molecule has 3 nitrogen and oxygen atoms in total. The standard InChI is InChI=1S/C13H10BrNO2S/c1-8(16)9-2-4-11(5-3-9)15-13(17)10-6-12(14)18-7-10/h2-7H,1H3,(H,15,17). The van der Waals surface area contributed by atoms with E-state index in [1.807, 2.05) is 0 Å². The van der Waals surface area contributed by atoms with Gasteiger partial charge in [-0.25, -0.2) is 0 Å². The van der Waals surface area contributed by atoms with E-state index in [1.54, 1.807) is 35.7 Å². The van der Waals surface area contributed by atoms with E-state index >= 15 is 0 Å². The maximum absolute atomic E-state index is 11.9. The van der Waals surface area contributed by atoms with Crippen LogP contribution in [0.5, 0.6) is 0 Å². The van der Waals surface area contributed by atoms with Gasteiger partial charge in [0, 0.05) is 16.6 Å². The van der Waals surface area contributed by atoms with Crippen molar-refractivity contribution in [3.63, 3.8) is 0 Å². The van der Waals surface area contributed by atoms with Crippen LogP contribution in [0.25, 0.3) is 0 Å². The van der Waals surface area contributed by atoms with Gasteiger partial charge in [0.15, 0.2) is 5.78 Å². The topological polar surface area (TPSA) is 46.2 Å². The molecule has 0 unspecified atom stereocenters. The zero-order valence-corrected chi connectivity index (χ0v) is 12.0. The molecule has 0 aliphatic heterocycles. The molecule has 0 spiro atoms. The second-order valence-corrected chi connectivity index (χ2v) is 6.02. The molecular formula is C13H10BrNO2S. The summed E-state index contributed by atoms with van der Waals surface area (Å²) in [4.78, 5) is 23.0. The van der Waals surface area contributed by atoms with E-state index in [2.05, 4.69) is 21.2 Å². The highest BCUT2D eigenvalue weighted by molar-refractivity contribution is 9.11. The van der Waals surface area contributed by atoms with Gasteiger partial charge in [-0.2, -0.15) is 0 Å². The molecule has 0 saturated carbocycles. The van der Waals surface area contributed by atoms with Gasteiger partial charge in [0.1, 0.15) is 0 Å². The van der Waals surface area contributed by atoms with E-state index in [-0.39, 0.29) is 11.7 Å². The summed E-state index contributed by atoms with van der Waals surface area (Å²) in [5.41, 5.74) is 1.92. The van der Waals surface area contributed by atoms with Gasteiger partial charge in [0.05, 0.1) is 9.35 Å². The summed E-state index contributed by atoms with van der Waals surface area (Å²) in [5.74, 6) is -0.151. The van der Waals surface area contributed by atoms with E-state index in [0.717, 1.165) is 3.79 Å². The zero-order chi connectivity index (χ0) is 13.1. The molecule has 0 atom stereocenters.